The third kappa shape index (κ3) is 2.19. The van der Waals surface area contributed by atoms with Gasteiger partial charge in [0, 0.05) is 0 Å². The first-order valence-corrected chi connectivity index (χ1v) is 6.76. The molecular weight excluding hydrogens is 271 g/mol. The van der Waals surface area contributed by atoms with Crippen molar-refractivity contribution in [2.75, 3.05) is 6.61 Å². The van der Waals surface area contributed by atoms with Gasteiger partial charge in [0.25, 0.3) is 0 Å². The number of benzene rings is 1. The van der Waals surface area contributed by atoms with Gasteiger partial charge in [0.05, 0.1) is 0 Å². The third-order valence-electron chi connectivity index (χ3n) is 2.24. The SMILES string of the molecule is CCOC(=O)c1cc2cc(CO)ccc2[se]1. The predicted octanol–water partition coefficient (Wildman–Crippen LogP) is 1.57. The molecule has 0 spiro atoms. The van der Waals surface area contributed by atoms with E-state index in [-0.39, 0.29) is 27.1 Å². The average Bonchev–Trinajstić information content (AvgIpc) is 2.71. The normalized spacial score (nSPS) is 10.6. The minimum atomic E-state index is -0.218. The van der Waals surface area contributed by atoms with Gasteiger partial charge < -0.3 is 0 Å². The first kappa shape index (κ1) is 11.4. The van der Waals surface area contributed by atoms with Gasteiger partial charge in [-0.25, -0.2) is 0 Å². The fourth-order valence-electron chi connectivity index (χ4n) is 1.49. The number of aliphatic hydroxyl groups excluding tert-OH is 1. The molecule has 0 radical (unpaired) electrons. The van der Waals surface area contributed by atoms with Crippen LogP contribution in [0.25, 0.3) is 9.65 Å². The Bertz CT molecular complexity index is 516. The first-order chi connectivity index (χ1) is 7.74. The van der Waals surface area contributed by atoms with Gasteiger partial charge in [-0.3, -0.25) is 0 Å². The Balaban J connectivity index is 2.39. The second kappa shape index (κ2) is 4.83. The second-order valence-corrected chi connectivity index (χ2v) is 5.64. The van der Waals surface area contributed by atoms with Gasteiger partial charge in [0.15, 0.2) is 0 Å². The number of fused-ring (bicyclic) bond motifs is 1. The molecule has 0 atom stereocenters. The number of carbonyl (C=O) groups excluding carboxylic acids is 1. The maximum atomic E-state index is 11.5. The molecular formula is C12H12O3Se. The number of carbonyl (C=O) groups is 1. The van der Waals surface area contributed by atoms with Gasteiger partial charge in [0.2, 0.25) is 0 Å². The molecule has 2 rings (SSSR count). The van der Waals surface area contributed by atoms with Gasteiger partial charge >= 0.3 is 99.2 Å². The summed E-state index contributed by atoms with van der Waals surface area (Å²) in [6, 6.07) is 7.65. The summed E-state index contributed by atoms with van der Waals surface area (Å²) in [6.07, 6.45) is 0. The van der Waals surface area contributed by atoms with E-state index in [1.807, 2.05) is 24.3 Å². The van der Waals surface area contributed by atoms with Crippen molar-refractivity contribution in [1.82, 2.24) is 0 Å². The Morgan fingerprint density at radius 3 is 2.94 bits per heavy atom. The number of rotatable bonds is 3. The number of hydrogen-bond donors (Lipinski definition) is 1. The molecule has 0 bridgehead atoms. The predicted molar refractivity (Wildman–Crippen MR) is 62.8 cm³/mol. The Morgan fingerprint density at radius 1 is 1.44 bits per heavy atom. The molecule has 0 amide bonds. The van der Waals surface area contributed by atoms with E-state index in [0.29, 0.717) is 6.61 Å². The molecule has 2 aromatic rings. The van der Waals surface area contributed by atoms with E-state index in [4.69, 9.17) is 9.84 Å². The molecule has 1 heterocycles. The maximum absolute atomic E-state index is 11.5. The molecule has 4 heteroatoms. The van der Waals surface area contributed by atoms with Crippen molar-refractivity contribution in [3.05, 3.63) is 34.3 Å². The van der Waals surface area contributed by atoms with Crippen LogP contribution in [0, 0.1) is 0 Å². The molecule has 0 aliphatic carbocycles. The van der Waals surface area contributed by atoms with Crippen molar-refractivity contribution in [1.29, 1.82) is 0 Å². The van der Waals surface area contributed by atoms with Crippen molar-refractivity contribution in [2.24, 2.45) is 0 Å². The summed E-state index contributed by atoms with van der Waals surface area (Å²) in [6.45, 7) is 2.24. The molecule has 0 unspecified atom stereocenters. The summed E-state index contributed by atoms with van der Waals surface area (Å²) in [5.41, 5.74) is 0.871. The van der Waals surface area contributed by atoms with Crippen molar-refractivity contribution in [3.8, 4) is 0 Å². The number of ether oxygens (including phenoxy) is 1. The number of hydrogen-bond acceptors (Lipinski definition) is 3. The van der Waals surface area contributed by atoms with Crippen LogP contribution < -0.4 is 0 Å². The van der Waals surface area contributed by atoms with Crippen molar-refractivity contribution >= 4 is 30.1 Å². The standard InChI is InChI=1S/C12H12O3Se/c1-2-15-12(14)11-6-9-5-8(7-13)3-4-10(9)16-11/h3-6,13H,2,7H2,1H3. The van der Waals surface area contributed by atoms with E-state index >= 15 is 0 Å². The van der Waals surface area contributed by atoms with Crippen LogP contribution in [-0.2, 0) is 11.3 Å². The minimum absolute atomic E-state index is 0.0306. The molecule has 0 aliphatic rings. The summed E-state index contributed by atoms with van der Waals surface area (Å²) in [5, 5.41) is 10.1. The van der Waals surface area contributed by atoms with E-state index in [2.05, 4.69) is 0 Å². The molecule has 0 aliphatic heterocycles. The summed E-state index contributed by atoms with van der Waals surface area (Å²) in [5.74, 6) is -0.218. The van der Waals surface area contributed by atoms with Crippen LogP contribution in [0.3, 0.4) is 0 Å². The molecule has 3 nitrogen and oxygen atoms in total. The van der Waals surface area contributed by atoms with Crippen LogP contribution in [0.15, 0.2) is 24.3 Å². The Kier molecular flexibility index (Phi) is 3.44. The Labute approximate surface area is 99.4 Å². The van der Waals surface area contributed by atoms with Gasteiger partial charge in [-0.1, -0.05) is 0 Å². The van der Waals surface area contributed by atoms with Crippen molar-refractivity contribution < 1.29 is 14.6 Å². The van der Waals surface area contributed by atoms with Gasteiger partial charge in [0.1, 0.15) is 0 Å². The molecule has 1 N–H and O–H groups in total. The zero-order valence-electron chi connectivity index (χ0n) is 8.90. The number of aliphatic hydroxyl groups is 1. The molecule has 84 valence electrons. The van der Waals surface area contributed by atoms with Gasteiger partial charge in [-0.15, -0.1) is 0 Å². The topological polar surface area (TPSA) is 46.5 Å². The zero-order valence-corrected chi connectivity index (χ0v) is 10.6. The molecule has 0 saturated heterocycles. The summed E-state index contributed by atoms with van der Waals surface area (Å²) < 4.78 is 6.90. The second-order valence-electron chi connectivity index (χ2n) is 3.36. The van der Waals surface area contributed by atoms with Crippen LogP contribution in [0.4, 0.5) is 0 Å². The quantitative estimate of drug-likeness (QED) is 0.687. The van der Waals surface area contributed by atoms with E-state index < -0.39 is 0 Å². The Morgan fingerprint density at radius 2 is 2.25 bits per heavy atom. The van der Waals surface area contributed by atoms with E-state index in [1.165, 1.54) is 4.26 Å². The third-order valence-corrected chi connectivity index (χ3v) is 4.54. The Hall–Kier alpha value is -1.09. The van der Waals surface area contributed by atoms with Crippen LogP contribution in [-0.4, -0.2) is 32.2 Å². The van der Waals surface area contributed by atoms with Crippen LogP contribution in [0.5, 0.6) is 0 Å². The first-order valence-electron chi connectivity index (χ1n) is 5.05. The van der Waals surface area contributed by atoms with Crippen molar-refractivity contribution in [3.63, 3.8) is 0 Å². The van der Waals surface area contributed by atoms with Crippen LogP contribution >= 0.6 is 0 Å². The monoisotopic (exact) mass is 284 g/mol. The molecule has 0 saturated carbocycles. The number of esters is 1. The molecule has 0 fully saturated rings. The summed E-state index contributed by atoms with van der Waals surface area (Å²) >= 11 is 0.0373. The fourth-order valence-corrected chi connectivity index (χ4v) is 3.46. The summed E-state index contributed by atoms with van der Waals surface area (Å²) in [4.78, 5) is 11.5. The summed E-state index contributed by atoms with van der Waals surface area (Å²) in [7, 11) is 0. The van der Waals surface area contributed by atoms with E-state index in [9.17, 15) is 4.79 Å². The fraction of sp³-hybridized carbons (Fsp3) is 0.250. The van der Waals surface area contributed by atoms with E-state index in [1.54, 1.807) is 6.92 Å². The zero-order chi connectivity index (χ0) is 11.5. The van der Waals surface area contributed by atoms with Crippen LogP contribution in [0.2, 0.25) is 0 Å². The van der Waals surface area contributed by atoms with E-state index in [0.717, 1.165) is 15.4 Å². The van der Waals surface area contributed by atoms with Crippen molar-refractivity contribution in [2.45, 2.75) is 13.5 Å². The van der Waals surface area contributed by atoms with Crippen LogP contribution in [0.1, 0.15) is 21.7 Å². The molecule has 16 heavy (non-hydrogen) atoms. The van der Waals surface area contributed by atoms with Gasteiger partial charge in [-0.2, -0.15) is 0 Å². The average molecular weight is 283 g/mol. The molecule has 1 aromatic carbocycles. The molecule has 1 aromatic heterocycles. The van der Waals surface area contributed by atoms with Gasteiger partial charge in [-0.05, 0) is 0 Å².